The molecule has 0 aromatic rings. The molecule has 0 aromatic heterocycles. The van der Waals surface area contributed by atoms with Gasteiger partial charge in [-0.15, -0.1) is 0 Å². The number of nitrogens with two attached hydrogens (primary N) is 1. The Balaban J connectivity index is 2.45. The van der Waals surface area contributed by atoms with Crippen molar-refractivity contribution in [2.24, 2.45) is 17.6 Å². The predicted octanol–water partition coefficient (Wildman–Crippen LogP) is 2.96. The van der Waals surface area contributed by atoms with E-state index in [0.29, 0.717) is 11.8 Å². The van der Waals surface area contributed by atoms with Crippen LogP contribution in [0.1, 0.15) is 52.4 Å². The Morgan fingerprint density at radius 2 is 1.80 bits per heavy atom. The lowest BCUT2D eigenvalue weighted by Gasteiger charge is -2.33. The van der Waals surface area contributed by atoms with Crippen molar-refractivity contribution in [1.82, 2.24) is 0 Å². The van der Waals surface area contributed by atoms with Crippen LogP contribution >= 0.6 is 0 Å². The molecule has 0 saturated heterocycles. The Morgan fingerprint density at radius 1 is 1.20 bits per heavy atom. The fourth-order valence-corrected chi connectivity index (χ4v) is 2.86. The molecule has 0 aromatic carbocycles. The number of ether oxygens (including phenoxy) is 1. The summed E-state index contributed by atoms with van der Waals surface area (Å²) < 4.78 is 5.63. The smallest absolute Gasteiger partial charge is 0.0750 e. The molecule has 2 atom stereocenters. The lowest BCUT2D eigenvalue weighted by atomic mass is 9.81. The zero-order valence-electron chi connectivity index (χ0n) is 10.5. The number of rotatable bonds is 5. The highest BCUT2D eigenvalue weighted by atomic mass is 16.5. The first-order valence-corrected chi connectivity index (χ1v) is 6.43. The van der Waals surface area contributed by atoms with Gasteiger partial charge in [0, 0.05) is 13.2 Å². The molecule has 1 aliphatic rings. The number of hydrogen-bond acceptors (Lipinski definition) is 2. The van der Waals surface area contributed by atoms with Crippen molar-refractivity contribution in [3.8, 4) is 0 Å². The molecule has 0 amide bonds. The zero-order chi connectivity index (χ0) is 11.3. The molecule has 15 heavy (non-hydrogen) atoms. The van der Waals surface area contributed by atoms with Gasteiger partial charge in [-0.2, -0.15) is 0 Å². The van der Waals surface area contributed by atoms with Gasteiger partial charge in [-0.3, -0.25) is 0 Å². The molecule has 0 spiro atoms. The monoisotopic (exact) mass is 213 g/mol. The third-order valence-corrected chi connectivity index (χ3v) is 3.55. The van der Waals surface area contributed by atoms with Crippen LogP contribution in [0.3, 0.4) is 0 Å². The minimum Gasteiger partial charge on any atom is -0.380 e. The van der Waals surface area contributed by atoms with E-state index in [1.807, 2.05) is 7.11 Å². The molecular weight excluding hydrogens is 186 g/mol. The molecule has 90 valence electrons. The SMILES string of the molecule is COC(C(N)CC(C)C)C1CCCCC1. The Labute approximate surface area is 94.6 Å². The average Bonchev–Trinajstić information content (AvgIpc) is 2.19. The summed E-state index contributed by atoms with van der Waals surface area (Å²) in [5.74, 6) is 1.37. The first-order chi connectivity index (χ1) is 7.15. The number of methoxy groups -OCH3 is 1. The molecule has 2 heteroatoms. The van der Waals surface area contributed by atoms with E-state index in [9.17, 15) is 0 Å². The lowest BCUT2D eigenvalue weighted by Crippen LogP contribution is -2.42. The summed E-state index contributed by atoms with van der Waals surface area (Å²) in [6.45, 7) is 4.46. The molecule has 2 N–H and O–H groups in total. The Hall–Kier alpha value is -0.0800. The summed E-state index contributed by atoms with van der Waals surface area (Å²) >= 11 is 0. The minimum atomic E-state index is 0.220. The zero-order valence-corrected chi connectivity index (χ0v) is 10.5. The Bertz CT molecular complexity index is 164. The summed E-state index contributed by atoms with van der Waals surface area (Å²) in [6, 6.07) is 0.220. The van der Waals surface area contributed by atoms with E-state index in [1.165, 1.54) is 32.1 Å². The summed E-state index contributed by atoms with van der Waals surface area (Å²) in [5.41, 5.74) is 6.24. The Kier molecular flexibility index (Phi) is 5.62. The highest BCUT2D eigenvalue weighted by Crippen LogP contribution is 2.30. The summed E-state index contributed by atoms with van der Waals surface area (Å²) in [6.07, 6.45) is 8.10. The van der Waals surface area contributed by atoms with Gasteiger partial charge in [0.05, 0.1) is 6.10 Å². The highest BCUT2D eigenvalue weighted by molar-refractivity contribution is 4.83. The van der Waals surface area contributed by atoms with Gasteiger partial charge >= 0.3 is 0 Å². The molecule has 1 rings (SSSR count). The summed E-state index contributed by atoms with van der Waals surface area (Å²) in [4.78, 5) is 0. The van der Waals surface area contributed by atoms with Gasteiger partial charge in [0.2, 0.25) is 0 Å². The topological polar surface area (TPSA) is 35.2 Å². The van der Waals surface area contributed by atoms with Crippen molar-refractivity contribution in [3.05, 3.63) is 0 Å². The van der Waals surface area contributed by atoms with Crippen LogP contribution in [0.15, 0.2) is 0 Å². The van der Waals surface area contributed by atoms with Crippen LogP contribution in [0.5, 0.6) is 0 Å². The summed E-state index contributed by atoms with van der Waals surface area (Å²) in [7, 11) is 1.82. The fraction of sp³-hybridized carbons (Fsp3) is 1.00. The number of hydrogen-bond donors (Lipinski definition) is 1. The molecule has 2 nitrogen and oxygen atoms in total. The lowest BCUT2D eigenvalue weighted by molar-refractivity contribution is 0.0132. The molecular formula is C13H27NO. The average molecular weight is 213 g/mol. The van der Waals surface area contributed by atoms with Gasteiger partial charge in [-0.25, -0.2) is 0 Å². The Morgan fingerprint density at radius 3 is 2.27 bits per heavy atom. The van der Waals surface area contributed by atoms with Crippen molar-refractivity contribution in [2.45, 2.75) is 64.5 Å². The van der Waals surface area contributed by atoms with Crippen molar-refractivity contribution >= 4 is 0 Å². The second-order valence-corrected chi connectivity index (χ2v) is 5.39. The molecule has 0 heterocycles. The van der Waals surface area contributed by atoms with E-state index < -0.39 is 0 Å². The van der Waals surface area contributed by atoms with Crippen molar-refractivity contribution < 1.29 is 4.74 Å². The third kappa shape index (κ3) is 4.12. The van der Waals surface area contributed by atoms with Crippen LogP contribution in [0.4, 0.5) is 0 Å². The third-order valence-electron chi connectivity index (χ3n) is 3.55. The van der Waals surface area contributed by atoms with E-state index in [2.05, 4.69) is 13.8 Å². The standard InChI is InChI=1S/C13H27NO/c1-10(2)9-12(14)13(15-3)11-7-5-4-6-8-11/h10-13H,4-9,14H2,1-3H3. The molecule has 1 aliphatic carbocycles. The van der Waals surface area contributed by atoms with E-state index in [0.717, 1.165) is 6.42 Å². The molecule has 1 saturated carbocycles. The first kappa shape index (κ1) is 13.0. The minimum absolute atomic E-state index is 0.220. The summed E-state index contributed by atoms with van der Waals surface area (Å²) in [5, 5.41) is 0. The van der Waals surface area contributed by atoms with Crippen LogP contribution < -0.4 is 5.73 Å². The van der Waals surface area contributed by atoms with Gasteiger partial charge < -0.3 is 10.5 Å². The van der Waals surface area contributed by atoms with Gasteiger partial charge in [0.25, 0.3) is 0 Å². The van der Waals surface area contributed by atoms with Crippen molar-refractivity contribution in [3.63, 3.8) is 0 Å². The van der Waals surface area contributed by atoms with E-state index >= 15 is 0 Å². The second-order valence-electron chi connectivity index (χ2n) is 5.39. The van der Waals surface area contributed by atoms with Crippen LogP contribution in [-0.2, 0) is 4.74 Å². The van der Waals surface area contributed by atoms with Crippen LogP contribution in [0.25, 0.3) is 0 Å². The van der Waals surface area contributed by atoms with Crippen molar-refractivity contribution in [2.75, 3.05) is 7.11 Å². The molecule has 0 aliphatic heterocycles. The van der Waals surface area contributed by atoms with Gasteiger partial charge in [-0.05, 0) is 31.1 Å². The van der Waals surface area contributed by atoms with Crippen LogP contribution in [-0.4, -0.2) is 19.3 Å². The second kappa shape index (κ2) is 6.49. The maximum absolute atomic E-state index is 6.24. The molecule has 0 bridgehead atoms. The van der Waals surface area contributed by atoms with Crippen LogP contribution in [0.2, 0.25) is 0 Å². The van der Waals surface area contributed by atoms with Crippen LogP contribution in [0, 0.1) is 11.8 Å². The molecule has 1 fully saturated rings. The van der Waals surface area contributed by atoms with Gasteiger partial charge in [-0.1, -0.05) is 33.1 Å². The van der Waals surface area contributed by atoms with E-state index in [4.69, 9.17) is 10.5 Å². The fourth-order valence-electron chi connectivity index (χ4n) is 2.86. The first-order valence-electron chi connectivity index (χ1n) is 6.43. The maximum atomic E-state index is 6.24. The molecule has 2 unspecified atom stereocenters. The molecule has 0 radical (unpaired) electrons. The predicted molar refractivity (Wildman–Crippen MR) is 64.8 cm³/mol. The van der Waals surface area contributed by atoms with Gasteiger partial charge in [0.1, 0.15) is 0 Å². The maximum Gasteiger partial charge on any atom is 0.0750 e. The van der Waals surface area contributed by atoms with E-state index in [-0.39, 0.29) is 12.1 Å². The quantitative estimate of drug-likeness (QED) is 0.762. The largest absolute Gasteiger partial charge is 0.380 e. The normalized spacial score (nSPS) is 23.0. The van der Waals surface area contributed by atoms with Gasteiger partial charge in [0.15, 0.2) is 0 Å². The van der Waals surface area contributed by atoms with Crippen molar-refractivity contribution in [1.29, 1.82) is 0 Å². The van der Waals surface area contributed by atoms with E-state index in [1.54, 1.807) is 0 Å². The highest BCUT2D eigenvalue weighted by Gasteiger charge is 2.28.